The van der Waals surface area contributed by atoms with Crippen LogP contribution < -0.4 is 17.2 Å². The molecule has 5 aromatic rings. The summed E-state index contributed by atoms with van der Waals surface area (Å²) in [6.45, 7) is 3.89. The SMILES string of the molecule is Cc1cc2c(-c3cccc(N)c3)ccc(C(N)=O)c2[nH]1.Cc1cc2c(Br)ccc(C(N)=O)c2[nH]1. The minimum Gasteiger partial charge on any atom is -0.399 e. The topological polar surface area (TPSA) is 144 Å². The summed E-state index contributed by atoms with van der Waals surface area (Å²) in [7, 11) is 0. The van der Waals surface area contributed by atoms with E-state index in [1.807, 2.05) is 62.4 Å². The first-order valence-corrected chi connectivity index (χ1v) is 11.3. The molecule has 0 bridgehead atoms. The number of aryl methyl sites for hydroxylation is 2. The highest BCUT2D eigenvalue weighted by molar-refractivity contribution is 9.10. The summed E-state index contributed by atoms with van der Waals surface area (Å²) in [5, 5.41) is 1.96. The minimum atomic E-state index is -0.434. The van der Waals surface area contributed by atoms with Crippen molar-refractivity contribution in [1.29, 1.82) is 0 Å². The number of rotatable bonds is 3. The van der Waals surface area contributed by atoms with Gasteiger partial charge in [-0.2, -0.15) is 0 Å². The van der Waals surface area contributed by atoms with Gasteiger partial charge < -0.3 is 27.2 Å². The number of benzene rings is 3. The van der Waals surface area contributed by atoms with Crippen LogP contribution in [-0.2, 0) is 0 Å². The van der Waals surface area contributed by atoms with E-state index in [-0.39, 0.29) is 0 Å². The molecule has 0 aliphatic carbocycles. The van der Waals surface area contributed by atoms with Gasteiger partial charge in [-0.15, -0.1) is 0 Å². The predicted molar refractivity (Wildman–Crippen MR) is 141 cm³/mol. The number of carbonyl (C=O) groups excluding carboxylic acids is 2. The average molecular weight is 518 g/mol. The molecule has 34 heavy (non-hydrogen) atoms. The summed E-state index contributed by atoms with van der Waals surface area (Å²) in [5.74, 6) is -0.847. The maximum absolute atomic E-state index is 11.5. The first-order chi connectivity index (χ1) is 16.2. The highest BCUT2D eigenvalue weighted by atomic mass is 79.9. The summed E-state index contributed by atoms with van der Waals surface area (Å²) in [5.41, 5.74) is 23.9. The smallest absolute Gasteiger partial charge is 0.250 e. The van der Waals surface area contributed by atoms with Crippen molar-refractivity contribution in [2.45, 2.75) is 13.8 Å². The van der Waals surface area contributed by atoms with Crippen molar-refractivity contribution in [2.24, 2.45) is 11.5 Å². The predicted octanol–water partition coefficient (Wildman–Crippen LogP) is 5.16. The van der Waals surface area contributed by atoms with Crippen LogP contribution in [-0.4, -0.2) is 21.8 Å². The third kappa shape index (κ3) is 4.40. The highest BCUT2D eigenvalue weighted by Crippen LogP contribution is 2.32. The molecule has 0 aliphatic heterocycles. The molecular formula is C26H24BrN5O2. The second-order valence-corrected chi connectivity index (χ2v) is 8.95. The Labute approximate surface area is 204 Å². The zero-order chi connectivity index (χ0) is 24.6. The Morgan fingerprint density at radius 2 is 1.32 bits per heavy atom. The van der Waals surface area contributed by atoms with E-state index in [0.29, 0.717) is 16.8 Å². The van der Waals surface area contributed by atoms with Gasteiger partial charge in [0.2, 0.25) is 0 Å². The minimum absolute atomic E-state index is 0.413. The third-order valence-electron chi connectivity index (χ3n) is 5.53. The van der Waals surface area contributed by atoms with Gasteiger partial charge in [0, 0.05) is 32.3 Å². The molecule has 7 nitrogen and oxygen atoms in total. The molecule has 0 radical (unpaired) electrons. The fourth-order valence-electron chi connectivity index (χ4n) is 4.04. The lowest BCUT2D eigenvalue weighted by Crippen LogP contribution is -2.11. The quantitative estimate of drug-likeness (QED) is 0.210. The summed E-state index contributed by atoms with van der Waals surface area (Å²) in [4.78, 5) is 29.0. The lowest BCUT2D eigenvalue weighted by atomic mass is 9.98. The number of H-pyrrole nitrogens is 2. The van der Waals surface area contributed by atoms with Crippen molar-refractivity contribution in [3.05, 3.63) is 87.7 Å². The number of carbonyl (C=O) groups is 2. The van der Waals surface area contributed by atoms with E-state index in [1.165, 1.54) is 0 Å². The van der Waals surface area contributed by atoms with Gasteiger partial charge in [-0.3, -0.25) is 9.59 Å². The van der Waals surface area contributed by atoms with E-state index in [1.54, 1.807) is 12.1 Å². The maximum Gasteiger partial charge on any atom is 0.250 e. The molecule has 0 unspecified atom stereocenters. The fourth-order valence-corrected chi connectivity index (χ4v) is 4.49. The molecule has 2 aromatic heterocycles. The fraction of sp³-hybridized carbons (Fsp3) is 0.0769. The molecule has 0 spiro atoms. The van der Waals surface area contributed by atoms with E-state index < -0.39 is 11.8 Å². The van der Waals surface area contributed by atoms with Crippen LogP contribution in [0.15, 0.2) is 65.1 Å². The zero-order valence-electron chi connectivity index (χ0n) is 18.7. The van der Waals surface area contributed by atoms with Crippen LogP contribution in [0.2, 0.25) is 0 Å². The Morgan fingerprint density at radius 3 is 1.91 bits per heavy atom. The molecule has 8 N–H and O–H groups in total. The van der Waals surface area contributed by atoms with E-state index >= 15 is 0 Å². The lowest BCUT2D eigenvalue weighted by molar-refractivity contribution is 0.0993. The van der Waals surface area contributed by atoms with Gasteiger partial charge in [0.1, 0.15) is 0 Å². The number of fused-ring (bicyclic) bond motifs is 2. The second-order valence-electron chi connectivity index (χ2n) is 8.09. The Kier molecular flexibility index (Phi) is 6.17. The first kappa shape index (κ1) is 23.1. The molecule has 172 valence electrons. The van der Waals surface area contributed by atoms with Crippen LogP contribution in [0.4, 0.5) is 5.69 Å². The highest BCUT2D eigenvalue weighted by Gasteiger charge is 2.13. The van der Waals surface area contributed by atoms with Crippen molar-refractivity contribution < 1.29 is 9.59 Å². The lowest BCUT2D eigenvalue weighted by Gasteiger charge is -2.07. The molecular weight excluding hydrogens is 494 g/mol. The number of primary amides is 2. The van der Waals surface area contributed by atoms with Crippen LogP contribution >= 0.6 is 15.9 Å². The summed E-state index contributed by atoms with van der Waals surface area (Å²) in [6.07, 6.45) is 0. The van der Waals surface area contributed by atoms with Crippen molar-refractivity contribution in [3.8, 4) is 11.1 Å². The summed E-state index contributed by atoms with van der Waals surface area (Å²) >= 11 is 3.42. The normalized spacial score (nSPS) is 10.8. The van der Waals surface area contributed by atoms with Crippen molar-refractivity contribution in [2.75, 3.05) is 5.73 Å². The Bertz CT molecular complexity index is 1560. The number of nitrogens with one attached hydrogen (secondary N) is 2. The Hall–Kier alpha value is -4.04. The van der Waals surface area contributed by atoms with Crippen LogP contribution in [0.3, 0.4) is 0 Å². The van der Waals surface area contributed by atoms with Gasteiger partial charge in [-0.05, 0) is 67.4 Å². The van der Waals surface area contributed by atoms with Gasteiger partial charge in [-0.25, -0.2) is 0 Å². The number of amides is 2. The average Bonchev–Trinajstić information content (AvgIpc) is 3.35. The summed E-state index contributed by atoms with van der Waals surface area (Å²) < 4.78 is 0.960. The Balaban J connectivity index is 0.000000172. The molecule has 2 heterocycles. The molecule has 0 aliphatic rings. The molecule has 0 fully saturated rings. The first-order valence-electron chi connectivity index (χ1n) is 10.5. The number of aromatic amines is 2. The van der Waals surface area contributed by atoms with Crippen molar-refractivity contribution >= 4 is 55.2 Å². The molecule has 2 amide bonds. The number of aromatic nitrogens is 2. The van der Waals surface area contributed by atoms with E-state index in [4.69, 9.17) is 17.2 Å². The molecule has 5 rings (SSSR count). The van der Waals surface area contributed by atoms with E-state index in [0.717, 1.165) is 48.8 Å². The molecule has 8 heteroatoms. The number of halogens is 1. The van der Waals surface area contributed by atoms with Gasteiger partial charge in [0.05, 0.1) is 22.2 Å². The third-order valence-corrected chi connectivity index (χ3v) is 6.22. The standard InChI is InChI=1S/C16H15N3O.C10H9BrN2O/c1-9-7-14-12(10-3-2-4-11(17)8-10)5-6-13(16(18)20)15(14)19-9;1-5-4-7-8(11)3-2-6(10(12)14)9(7)13-5/h2-8,19H,17H2,1H3,(H2,18,20);2-4,13H,1H3,(H2,12,14). The second kappa shape index (κ2) is 9.07. The van der Waals surface area contributed by atoms with Gasteiger partial charge in [0.15, 0.2) is 0 Å². The van der Waals surface area contributed by atoms with E-state index in [2.05, 4.69) is 25.9 Å². The number of anilines is 1. The van der Waals surface area contributed by atoms with Crippen LogP contribution in [0.1, 0.15) is 32.1 Å². The number of nitrogens with two attached hydrogens (primary N) is 3. The van der Waals surface area contributed by atoms with Crippen LogP contribution in [0.25, 0.3) is 32.9 Å². The molecule has 0 saturated heterocycles. The largest absolute Gasteiger partial charge is 0.399 e. The van der Waals surface area contributed by atoms with Crippen molar-refractivity contribution in [1.82, 2.24) is 9.97 Å². The van der Waals surface area contributed by atoms with E-state index in [9.17, 15) is 9.59 Å². The monoisotopic (exact) mass is 517 g/mol. The van der Waals surface area contributed by atoms with Crippen molar-refractivity contribution in [3.63, 3.8) is 0 Å². The van der Waals surface area contributed by atoms with Crippen LogP contribution in [0.5, 0.6) is 0 Å². The Morgan fingerprint density at radius 1 is 0.765 bits per heavy atom. The van der Waals surface area contributed by atoms with Gasteiger partial charge in [0.25, 0.3) is 11.8 Å². The van der Waals surface area contributed by atoms with Gasteiger partial charge >= 0.3 is 0 Å². The molecule has 3 aromatic carbocycles. The molecule has 0 atom stereocenters. The number of hydrogen-bond donors (Lipinski definition) is 5. The number of hydrogen-bond acceptors (Lipinski definition) is 3. The maximum atomic E-state index is 11.5. The van der Waals surface area contributed by atoms with Crippen LogP contribution in [0, 0.1) is 13.8 Å². The summed E-state index contributed by atoms with van der Waals surface area (Å²) in [6, 6.07) is 18.9. The van der Waals surface area contributed by atoms with Gasteiger partial charge in [-0.1, -0.05) is 34.1 Å². The zero-order valence-corrected chi connectivity index (χ0v) is 20.3. The molecule has 0 saturated carbocycles. The number of nitrogen functional groups attached to an aromatic ring is 1.